The van der Waals surface area contributed by atoms with Crippen molar-refractivity contribution in [3.8, 4) is 11.4 Å². The first-order valence-corrected chi connectivity index (χ1v) is 11.0. The molecule has 1 fully saturated rings. The molecule has 4 rings (SSSR count). The number of amides is 1. The maximum Gasteiger partial charge on any atom is 0.272 e. The van der Waals surface area contributed by atoms with Gasteiger partial charge in [-0.25, -0.2) is 4.98 Å². The largest absolute Gasteiger partial charge is 0.495 e. The SMILES string of the molecule is COc1ccccc1-n1c(SCC(=O)N2CCCC2)nc2c(c1=O)SCC2. The molecule has 1 aromatic heterocycles. The highest BCUT2D eigenvalue weighted by Crippen LogP contribution is 2.32. The third kappa shape index (κ3) is 3.60. The molecule has 27 heavy (non-hydrogen) atoms. The van der Waals surface area contributed by atoms with Gasteiger partial charge in [0.1, 0.15) is 5.75 Å². The van der Waals surface area contributed by atoms with E-state index >= 15 is 0 Å². The Hall–Kier alpha value is -1.93. The van der Waals surface area contributed by atoms with Gasteiger partial charge in [0.05, 0.1) is 29.1 Å². The number of likely N-dealkylation sites (tertiary alicyclic amines) is 1. The zero-order valence-electron chi connectivity index (χ0n) is 15.1. The maximum atomic E-state index is 13.2. The van der Waals surface area contributed by atoms with Crippen LogP contribution in [0.1, 0.15) is 18.5 Å². The van der Waals surface area contributed by atoms with Crippen LogP contribution in [0.4, 0.5) is 0 Å². The molecule has 142 valence electrons. The number of carbonyl (C=O) groups excluding carboxylic acids is 1. The molecule has 0 bridgehead atoms. The lowest BCUT2D eigenvalue weighted by Crippen LogP contribution is -2.30. The van der Waals surface area contributed by atoms with Crippen molar-refractivity contribution < 1.29 is 9.53 Å². The molecule has 0 spiro atoms. The van der Waals surface area contributed by atoms with Crippen LogP contribution < -0.4 is 10.3 Å². The summed E-state index contributed by atoms with van der Waals surface area (Å²) in [5.74, 6) is 1.86. The number of methoxy groups -OCH3 is 1. The molecule has 0 N–H and O–H groups in total. The predicted octanol–water partition coefficient (Wildman–Crippen LogP) is 2.60. The first-order valence-electron chi connectivity index (χ1n) is 9.01. The quantitative estimate of drug-likeness (QED) is 0.565. The van der Waals surface area contributed by atoms with Gasteiger partial charge in [0.15, 0.2) is 5.16 Å². The van der Waals surface area contributed by atoms with Crippen molar-refractivity contribution in [3.63, 3.8) is 0 Å². The van der Waals surface area contributed by atoms with Crippen LogP contribution in [0.25, 0.3) is 5.69 Å². The van der Waals surface area contributed by atoms with Gasteiger partial charge in [-0.2, -0.15) is 0 Å². The Kier molecular flexibility index (Phi) is 5.45. The summed E-state index contributed by atoms with van der Waals surface area (Å²) in [6.07, 6.45) is 2.92. The molecule has 8 heteroatoms. The van der Waals surface area contributed by atoms with E-state index in [1.54, 1.807) is 23.4 Å². The first-order chi connectivity index (χ1) is 13.2. The monoisotopic (exact) mass is 403 g/mol. The van der Waals surface area contributed by atoms with E-state index in [2.05, 4.69) is 0 Å². The number of benzene rings is 1. The number of carbonyl (C=O) groups is 1. The number of para-hydroxylation sites is 2. The molecule has 6 nitrogen and oxygen atoms in total. The molecule has 2 aromatic rings. The average molecular weight is 404 g/mol. The number of hydrogen-bond donors (Lipinski definition) is 0. The molecule has 0 atom stereocenters. The number of thioether (sulfide) groups is 2. The van der Waals surface area contributed by atoms with Gasteiger partial charge < -0.3 is 9.64 Å². The summed E-state index contributed by atoms with van der Waals surface area (Å²) in [7, 11) is 1.59. The summed E-state index contributed by atoms with van der Waals surface area (Å²) in [6.45, 7) is 1.65. The van der Waals surface area contributed by atoms with Gasteiger partial charge in [-0.3, -0.25) is 14.2 Å². The summed E-state index contributed by atoms with van der Waals surface area (Å²) in [5.41, 5.74) is 1.42. The fourth-order valence-corrected chi connectivity index (χ4v) is 5.35. The zero-order valence-corrected chi connectivity index (χ0v) is 16.8. The van der Waals surface area contributed by atoms with Crippen molar-refractivity contribution in [2.24, 2.45) is 0 Å². The molecule has 0 unspecified atom stereocenters. The van der Waals surface area contributed by atoms with Crippen molar-refractivity contribution in [1.29, 1.82) is 0 Å². The Morgan fingerprint density at radius 2 is 2.07 bits per heavy atom. The van der Waals surface area contributed by atoms with Crippen molar-refractivity contribution in [3.05, 3.63) is 40.3 Å². The Balaban J connectivity index is 1.72. The highest BCUT2D eigenvalue weighted by molar-refractivity contribution is 8.00. The summed E-state index contributed by atoms with van der Waals surface area (Å²) in [4.78, 5) is 33.0. The van der Waals surface area contributed by atoms with Crippen molar-refractivity contribution in [1.82, 2.24) is 14.5 Å². The second kappa shape index (κ2) is 7.98. The number of nitrogens with zero attached hydrogens (tertiary/aromatic N) is 3. The van der Waals surface area contributed by atoms with Crippen LogP contribution in [0.15, 0.2) is 39.1 Å². The molecule has 2 aliphatic rings. The van der Waals surface area contributed by atoms with Crippen molar-refractivity contribution >= 4 is 29.4 Å². The van der Waals surface area contributed by atoms with Gasteiger partial charge >= 0.3 is 0 Å². The second-order valence-corrected chi connectivity index (χ2v) is 8.51. The molecule has 0 saturated carbocycles. The lowest BCUT2D eigenvalue weighted by Gasteiger charge is -2.18. The number of rotatable bonds is 5. The molecule has 2 aliphatic heterocycles. The normalized spacial score (nSPS) is 15.8. The topological polar surface area (TPSA) is 64.4 Å². The number of fused-ring (bicyclic) bond motifs is 1. The summed E-state index contributed by atoms with van der Waals surface area (Å²) in [6, 6.07) is 7.41. The minimum atomic E-state index is -0.0804. The Bertz CT molecular complexity index is 923. The minimum Gasteiger partial charge on any atom is -0.495 e. The van der Waals surface area contributed by atoms with Crippen molar-refractivity contribution in [2.45, 2.75) is 29.3 Å². The number of hydrogen-bond acceptors (Lipinski definition) is 6. The standard InChI is InChI=1S/C19H21N3O3S2/c1-25-15-7-3-2-6-14(15)22-18(24)17-13(8-11-26-17)20-19(22)27-12-16(23)21-9-4-5-10-21/h2-3,6-7H,4-5,8-12H2,1H3. The van der Waals surface area contributed by atoms with Gasteiger partial charge in [-0.15, -0.1) is 11.8 Å². The molecule has 1 aromatic carbocycles. The van der Waals surface area contributed by atoms with E-state index in [0.717, 1.165) is 43.8 Å². The van der Waals surface area contributed by atoms with E-state index in [4.69, 9.17) is 9.72 Å². The van der Waals surface area contributed by atoms with Crippen molar-refractivity contribution in [2.75, 3.05) is 31.7 Å². The molecular formula is C19H21N3O3S2. The van der Waals surface area contributed by atoms with E-state index in [-0.39, 0.29) is 17.2 Å². The van der Waals surface area contributed by atoms with Gasteiger partial charge in [-0.1, -0.05) is 23.9 Å². The Morgan fingerprint density at radius 3 is 2.85 bits per heavy atom. The zero-order chi connectivity index (χ0) is 18.8. The van der Waals surface area contributed by atoms with Crippen LogP contribution in [-0.4, -0.2) is 52.1 Å². The fraction of sp³-hybridized carbons (Fsp3) is 0.421. The average Bonchev–Trinajstić information content (AvgIpc) is 3.38. The third-order valence-electron chi connectivity index (χ3n) is 4.78. The third-order valence-corrected chi connectivity index (χ3v) is 6.81. The Labute approximate surface area is 166 Å². The van der Waals surface area contributed by atoms with Crippen LogP contribution in [0.3, 0.4) is 0 Å². The van der Waals surface area contributed by atoms with Gasteiger partial charge in [0, 0.05) is 25.3 Å². The van der Waals surface area contributed by atoms with E-state index in [0.29, 0.717) is 21.5 Å². The molecule has 0 aliphatic carbocycles. The van der Waals surface area contributed by atoms with E-state index in [9.17, 15) is 9.59 Å². The van der Waals surface area contributed by atoms with Gasteiger partial charge in [0.2, 0.25) is 5.91 Å². The summed E-state index contributed by atoms with van der Waals surface area (Å²) in [5, 5.41) is 0.554. The summed E-state index contributed by atoms with van der Waals surface area (Å²) >= 11 is 2.88. The molecule has 0 radical (unpaired) electrons. The minimum absolute atomic E-state index is 0.0804. The fourth-order valence-electron chi connectivity index (χ4n) is 3.40. The van der Waals surface area contributed by atoms with Gasteiger partial charge in [-0.05, 0) is 25.0 Å². The van der Waals surface area contributed by atoms with Crippen LogP contribution in [-0.2, 0) is 11.2 Å². The lowest BCUT2D eigenvalue weighted by atomic mass is 10.2. The van der Waals surface area contributed by atoms with E-state index < -0.39 is 0 Å². The van der Waals surface area contributed by atoms with Crippen LogP contribution >= 0.6 is 23.5 Å². The molecule has 1 saturated heterocycles. The first kappa shape index (κ1) is 18.4. The summed E-state index contributed by atoms with van der Waals surface area (Å²) < 4.78 is 7.05. The lowest BCUT2D eigenvalue weighted by molar-refractivity contribution is -0.127. The Morgan fingerprint density at radius 1 is 1.30 bits per heavy atom. The van der Waals surface area contributed by atoms with Crippen LogP contribution in [0, 0.1) is 0 Å². The van der Waals surface area contributed by atoms with E-state index in [1.807, 2.05) is 29.2 Å². The predicted molar refractivity (Wildman–Crippen MR) is 107 cm³/mol. The van der Waals surface area contributed by atoms with E-state index in [1.165, 1.54) is 11.8 Å². The highest BCUT2D eigenvalue weighted by Gasteiger charge is 2.25. The van der Waals surface area contributed by atoms with Gasteiger partial charge in [0.25, 0.3) is 5.56 Å². The molecule has 3 heterocycles. The molecular weight excluding hydrogens is 382 g/mol. The number of aryl methyl sites for hydroxylation is 1. The smallest absolute Gasteiger partial charge is 0.272 e. The number of ether oxygens (including phenoxy) is 1. The number of aromatic nitrogens is 2. The maximum absolute atomic E-state index is 13.2. The van der Waals surface area contributed by atoms with Crippen LogP contribution in [0.2, 0.25) is 0 Å². The molecule has 1 amide bonds. The van der Waals surface area contributed by atoms with Crippen LogP contribution in [0.5, 0.6) is 5.75 Å². The highest BCUT2D eigenvalue weighted by atomic mass is 32.2. The second-order valence-electron chi connectivity index (χ2n) is 6.46.